The van der Waals surface area contributed by atoms with Crippen LogP contribution in [0.2, 0.25) is 0 Å². The number of amides is 4. The molecule has 0 atom stereocenters. The summed E-state index contributed by atoms with van der Waals surface area (Å²) in [6.07, 6.45) is 1.33. The van der Waals surface area contributed by atoms with Crippen LogP contribution >= 0.6 is 0 Å². The summed E-state index contributed by atoms with van der Waals surface area (Å²) in [6.45, 7) is 2.05. The van der Waals surface area contributed by atoms with E-state index in [1.54, 1.807) is 37.3 Å². The zero-order valence-corrected chi connectivity index (χ0v) is 20.5. The maximum Gasteiger partial charge on any atom is 0.338 e. The van der Waals surface area contributed by atoms with Gasteiger partial charge in [-0.15, -0.1) is 0 Å². The molecule has 3 aromatic carbocycles. The van der Waals surface area contributed by atoms with Gasteiger partial charge in [-0.3, -0.25) is 14.9 Å². The van der Waals surface area contributed by atoms with E-state index in [1.165, 1.54) is 49.6 Å². The Morgan fingerprint density at radius 2 is 1.68 bits per heavy atom. The van der Waals surface area contributed by atoms with Crippen LogP contribution < -0.4 is 19.7 Å². The van der Waals surface area contributed by atoms with Gasteiger partial charge in [-0.25, -0.2) is 18.9 Å². The standard InChI is InChI=1S/C28H23FN2O7/c1-3-37-27(34)19-7-11-21(12-8-19)31-26(33)22(25(32)30-28(31)35)14-18-6-13-23(24(15-18)36-2)38-16-17-4-9-20(29)10-5-17/h4-15H,3,16H2,1-2H3,(H,30,32,35)/b22-14+. The molecule has 0 aromatic heterocycles. The van der Waals surface area contributed by atoms with Gasteiger partial charge in [0.15, 0.2) is 11.5 Å². The Bertz CT molecular complexity index is 1420. The molecule has 0 aliphatic carbocycles. The van der Waals surface area contributed by atoms with Crippen molar-refractivity contribution >= 4 is 35.6 Å². The summed E-state index contributed by atoms with van der Waals surface area (Å²) in [5, 5.41) is 2.15. The van der Waals surface area contributed by atoms with Crippen LogP contribution in [0.25, 0.3) is 6.08 Å². The molecule has 1 saturated heterocycles. The summed E-state index contributed by atoms with van der Waals surface area (Å²) in [5.74, 6) is -1.83. The van der Waals surface area contributed by atoms with Crippen LogP contribution in [-0.2, 0) is 20.9 Å². The van der Waals surface area contributed by atoms with E-state index in [-0.39, 0.29) is 35.9 Å². The summed E-state index contributed by atoms with van der Waals surface area (Å²) in [7, 11) is 1.44. The van der Waals surface area contributed by atoms with Crippen LogP contribution in [0.4, 0.5) is 14.9 Å². The number of nitrogens with zero attached hydrogens (tertiary/aromatic N) is 1. The van der Waals surface area contributed by atoms with E-state index < -0.39 is 23.8 Å². The molecule has 0 spiro atoms. The quantitative estimate of drug-likeness (QED) is 0.270. The molecule has 1 aliphatic rings. The van der Waals surface area contributed by atoms with Crippen molar-refractivity contribution in [3.05, 3.63) is 94.8 Å². The normalized spacial score (nSPS) is 14.3. The number of anilines is 1. The number of halogens is 1. The molecule has 4 amide bonds. The molecule has 0 unspecified atom stereocenters. The van der Waals surface area contributed by atoms with Crippen molar-refractivity contribution in [3.63, 3.8) is 0 Å². The van der Waals surface area contributed by atoms with E-state index >= 15 is 0 Å². The number of urea groups is 1. The lowest BCUT2D eigenvalue weighted by Crippen LogP contribution is -2.54. The number of hydrogen-bond acceptors (Lipinski definition) is 7. The molecule has 1 aliphatic heterocycles. The second-order valence-electron chi connectivity index (χ2n) is 8.05. The van der Waals surface area contributed by atoms with E-state index in [1.807, 2.05) is 0 Å². The number of benzene rings is 3. The minimum Gasteiger partial charge on any atom is -0.493 e. The molecule has 0 saturated carbocycles. The van der Waals surface area contributed by atoms with E-state index in [9.17, 15) is 23.6 Å². The van der Waals surface area contributed by atoms with Crippen LogP contribution in [-0.4, -0.2) is 37.5 Å². The molecule has 1 N–H and O–H groups in total. The van der Waals surface area contributed by atoms with Crippen molar-refractivity contribution < 1.29 is 37.8 Å². The number of rotatable bonds is 8. The predicted molar refractivity (Wildman–Crippen MR) is 135 cm³/mol. The Kier molecular flexibility index (Phi) is 7.81. The maximum absolute atomic E-state index is 13.2. The van der Waals surface area contributed by atoms with Crippen molar-refractivity contribution in [2.24, 2.45) is 0 Å². The molecular weight excluding hydrogens is 495 g/mol. The second-order valence-corrected chi connectivity index (χ2v) is 8.05. The first-order chi connectivity index (χ1) is 18.3. The SMILES string of the molecule is CCOC(=O)c1ccc(N2C(=O)NC(=O)/C(=C\c3ccc(OCc4ccc(F)cc4)c(OC)c3)C2=O)cc1. The lowest BCUT2D eigenvalue weighted by molar-refractivity contribution is -0.122. The first-order valence-electron chi connectivity index (χ1n) is 11.5. The number of nitrogens with one attached hydrogen (secondary N) is 1. The van der Waals surface area contributed by atoms with Gasteiger partial charge >= 0.3 is 12.0 Å². The van der Waals surface area contributed by atoms with E-state index in [0.717, 1.165) is 10.5 Å². The van der Waals surface area contributed by atoms with Crippen molar-refractivity contribution in [1.82, 2.24) is 5.32 Å². The van der Waals surface area contributed by atoms with E-state index in [2.05, 4.69) is 5.32 Å². The Morgan fingerprint density at radius 3 is 2.34 bits per heavy atom. The Balaban J connectivity index is 1.56. The molecule has 3 aromatic rings. The number of imide groups is 2. The Morgan fingerprint density at radius 1 is 0.974 bits per heavy atom. The highest BCUT2D eigenvalue weighted by atomic mass is 19.1. The van der Waals surface area contributed by atoms with Crippen LogP contribution in [0.1, 0.15) is 28.4 Å². The van der Waals surface area contributed by atoms with Crippen molar-refractivity contribution in [1.29, 1.82) is 0 Å². The third-order valence-electron chi connectivity index (χ3n) is 5.54. The molecule has 4 rings (SSSR count). The molecule has 9 nitrogen and oxygen atoms in total. The highest BCUT2D eigenvalue weighted by Gasteiger charge is 2.37. The van der Waals surface area contributed by atoms with Gasteiger partial charge in [0.1, 0.15) is 18.0 Å². The Hall–Kier alpha value is -4.99. The van der Waals surface area contributed by atoms with E-state index in [0.29, 0.717) is 17.1 Å². The number of carbonyl (C=O) groups is 4. The average molecular weight is 518 g/mol. The highest BCUT2D eigenvalue weighted by Crippen LogP contribution is 2.30. The molecule has 0 bridgehead atoms. The first-order valence-corrected chi connectivity index (χ1v) is 11.5. The van der Waals surface area contributed by atoms with E-state index in [4.69, 9.17) is 14.2 Å². The maximum atomic E-state index is 13.2. The van der Waals surface area contributed by atoms with Gasteiger partial charge < -0.3 is 14.2 Å². The average Bonchev–Trinajstić information content (AvgIpc) is 2.91. The number of carbonyl (C=O) groups excluding carboxylic acids is 4. The fraction of sp³-hybridized carbons (Fsp3) is 0.143. The third kappa shape index (κ3) is 5.70. The van der Waals surface area contributed by atoms with Crippen molar-refractivity contribution in [3.8, 4) is 11.5 Å². The summed E-state index contributed by atoms with van der Waals surface area (Å²) in [5.41, 5.74) is 1.34. The number of methoxy groups -OCH3 is 1. The van der Waals surface area contributed by atoms with Gasteiger partial charge in [-0.05, 0) is 72.7 Å². The second kappa shape index (κ2) is 11.4. The zero-order valence-electron chi connectivity index (χ0n) is 20.5. The number of hydrogen-bond donors (Lipinski definition) is 1. The Labute approximate surface area is 217 Å². The minimum absolute atomic E-state index is 0.168. The van der Waals surface area contributed by atoms with Gasteiger partial charge in [0.25, 0.3) is 11.8 Å². The monoisotopic (exact) mass is 518 g/mol. The smallest absolute Gasteiger partial charge is 0.338 e. The van der Waals surface area contributed by atoms with Crippen LogP contribution in [0.5, 0.6) is 11.5 Å². The first kappa shape index (κ1) is 26.1. The molecule has 194 valence electrons. The fourth-order valence-corrected chi connectivity index (χ4v) is 3.65. The largest absolute Gasteiger partial charge is 0.493 e. The van der Waals surface area contributed by atoms with Gasteiger partial charge in [0.05, 0.1) is 25.0 Å². The molecule has 1 fully saturated rings. The minimum atomic E-state index is -0.914. The predicted octanol–water partition coefficient (Wildman–Crippen LogP) is 4.26. The summed E-state index contributed by atoms with van der Waals surface area (Å²) < 4.78 is 29.2. The molecule has 38 heavy (non-hydrogen) atoms. The molecule has 10 heteroatoms. The lowest BCUT2D eigenvalue weighted by atomic mass is 10.1. The van der Waals surface area contributed by atoms with Gasteiger partial charge in [-0.2, -0.15) is 0 Å². The van der Waals surface area contributed by atoms with Gasteiger partial charge in [0, 0.05) is 0 Å². The molecule has 0 radical (unpaired) electrons. The summed E-state index contributed by atoms with van der Waals surface area (Å²) in [6, 6.07) is 15.4. The highest BCUT2D eigenvalue weighted by molar-refractivity contribution is 6.39. The topological polar surface area (TPSA) is 111 Å². The lowest BCUT2D eigenvalue weighted by Gasteiger charge is -2.26. The van der Waals surface area contributed by atoms with Crippen LogP contribution in [0.15, 0.2) is 72.3 Å². The third-order valence-corrected chi connectivity index (χ3v) is 5.54. The van der Waals surface area contributed by atoms with Gasteiger partial charge in [0.2, 0.25) is 0 Å². The van der Waals surface area contributed by atoms with Crippen LogP contribution in [0, 0.1) is 5.82 Å². The summed E-state index contributed by atoms with van der Waals surface area (Å²) in [4.78, 5) is 50.9. The van der Waals surface area contributed by atoms with Crippen LogP contribution in [0.3, 0.4) is 0 Å². The number of barbiturate groups is 1. The zero-order chi connectivity index (χ0) is 27.2. The molecule has 1 heterocycles. The fourth-order valence-electron chi connectivity index (χ4n) is 3.65. The van der Waals surface area contributed by atoms with Crippen molar-refractivity contribution in [2.75, 3.05) is 18.6 Å². The summed E-state index contributed by atoms with van der Waals surface area (Å²) >= 11 is 0. The number of ether oxygens (including phenoxy) is 3. The molecular formula is C28H23FN2O7. The van der Waals surface area contributed by atoms with Gasteiger partial charge in [-0.1, -0.05) is 18.2 Å². The number of esters is 1. The van der Waals surface area contributed by atoms with Crippen molar-refractivity contribution in [2.45, 2.75) is 13.5 Å².